The van der Waals surface area contributed by atoms with Crippen LogP contribution in [0.15, 0.2) is 29.4 Å². The van der Waals surface area contributed by atoms with Crippen molar-refractivity contribution in [3.8, 4) is 5.75 Å². The van der Waals surface area contributed by atoms with Crippen LogP contribution >= 0.6 is 0 Å². The third kappa shape index (κ3) is 5.25. The van der Waals surface area contributed by atoms with E-state index in [2.05, 4.69) is 10.5 Å². The molecule has 0 atom stereocenters. The Kier molecular flexibility index (Phi) is 6.94. The van der Waals surface area contributed by atoms with E-state index in [1.807, 2.05) is 45.0 Å². The molecule has 0 unspecified atom stereocenters. The molecule has 0 saturated heterocycles. The van der Waals surface area contributed by atoms with Gasteiger partial charge in [-0.05, 0) is 50.6 Å². The van der Waals surface area contributed by atoms with Crippen LogP contribution in [0.3, 0.4) is 0 Å². The van der Waals surface area contributed by atoms with Crippen LogP contribution in [0.2, 0.25) is 0 Å². The van der Waals surface area contributed by atoms with Crippen molar-refractivity contribution in [3.05, 3.63) is 29.8 Å². The van der Waals surface area contributed by atoms with E-state index < -0.39 is 11.8 Å². The second-order valence-corrected chi connectivity index (χ2v) is 4.18. The van der Waals surface area contributed by atoms with Crippen LogP contribution in [0.1, 0.15) is 26.3 Å². The predicted molar refractivity (Wildman–Crippen MR) is 81.3 cm³/mol. The molecule has 1 rings (SSSR count). The van der Waals surface area contributed by atoms with Gasteiger partial charge >= 0.3 is 11.8 Å². The minimum atomic E-state index is -0.735. The topological polar surface area (TPSA) is 71.0 Å². The highest BCUT2D eigenvalue weighted by molar-refractivity contribution is 6.34. The lowest BCUT2D eigenvalue weighted by Crippen LogP contribution is -2.41. The molecule has 1 aromatic rings. The third-order valence-electron chi connectivity index (χ3n) is 2.82. The lowest BCUT2D eigenvalue weighted by molar-refractivity contribution is -0.145. The minimum Gasteiger partial charge on any atom is -0.494 e. The van der Waals surface area contributed by atoms with Crippen LogP contribution in [-0.4, -0.2) is 42.6 Å². The SMILES string of the molecule is CCOc1ccc(C=NNC(=O)C(=O)N(CC)CC)cc1. The van der Waals surface area contributed by atoms with Crippen molar-refractivity contribution in [3.63, 3.8) is 0 Å². The third-order valence-corrected chi connectivity index (χ3v) is 2.82. The summed E-state index contributed by atoms with van der Waals surface area (Å²) in [5.74, 6) is -0.542. The van der Waals surface area contributed by atoms with Crippen molar-refractivity contribution < 1.29 is 14.3 Å². The Morgan fingerprint density at radius 3 is 2.33 bits per heavy atom. The molecule has 0 aromatic heterocycles. The highest BCUT2D eigenvalue weighted by Gasteiger charge is 2.18. The van der Waals surface area contributed by atoms with E-state index in [0.717, 1.165) is 11.3 Å². The van der Waals surface area contributed by atoms with Crippen molar-refractivity contribution in [2.24, 2.45) is 5.10 Å². The number of hydrazone groups is 1. The van der Waals surface area contributed by atoms with Crippen molar-refractivity contribution >= 4 is 18.0 Å². The summed E-state index contributed by atoms with van der Waals surface area (Å²) in [6.07, 6.45) is 1.48. The van der Waals surface area contributed by atoms with Crippen LogP contribution in [0.4, 0.5) is 0 Å². The van der Waals surface area contributed by atoms with Crippen molar-refractivity contribution in [2.75, 3.05) is 19.7 Å². The molecule has 2 amide bonds. The lowest BCUT2D eigenvalue weighted by Gasteiger charge is -2.16. The van der Waals surface area contributed by atoms with Crippen LogP contribution in [0, 0.1) is 0 Å². The summed E-state index contributed by atoms with van der Waals surface area (Å²) in [4.78, 5) is 24.7. The number of carbonyl (C=O) groups is 2. The monoisotopic (exact) mass is 291 g/mol. The second kappa shape index (κ2) is 8.73. The maximum atomic E-state index is 11.7. The molecule has 1 aromatic carbocycles. The summed E-state index contributed by atoms with van der Waals surface area (Å²) in [7, 11) is 0. The largest absolute Gasteiger partial charge is 0.494 e. The molecule has 0 spiro atoms. The zero-order valence-electron chi connectivity index (χ0n) is 12.6. The molecule has 0 heterocycles. The van der Waals surface area contributed by atoms with Gasteiger partial charge in [-0.15, -0.1) is 0 Å². The standard InChI is InChI=1S/C15H21N3O3/c1-4-18(5-2)15(20)14(19)17-16-11-12-7-9-13(10-8-12)21-6-3/h7-11H,4-6H2,1-3H3,(H,17,19). The summed E-state index contributed by atoms with van der Waals surface area (Å²) < 4.78 is 5.32. The molecule has 0 aliphatic carbocycles. The summed E-state index contributed by atoms with van der Waals surface area (Å²) in [6, 6.07) is 7.25. The zero-order chi connectivity index (χ0) is 15.7. The summed E-state index contributed by atoms with van der Waals surface area (Å²) in [5, 5.41) is 3.78. The fraction of sp³-hybridized carbons (Fsp3) is 0.400. The van der Waals surface area contributed by atoms with Crippen molar-refractivity contribution in [1.82, 2.24) is 10.3 Å². The number of likely N-dealkylation sites (N-methyl/N-ethyl adjacent to an activating group) is 1. The Morgan fingerprint density at radius 2 is 1.81 bits per heavy atom. The molecule has 6 heteroatoms. The van der Waals surface area contributed by atoms with Crippen molar-refractivity contribution in [1.29, 1.82) is 0 Å². The van der Waals surface area contributed by atoms with Gasteiger partial charge in [0, 0.05) is 13.1 Å². The average Bonchev–Trinajstić information content (AvgIpc) is 2.50. The number of amides is 2. The highest BCUT2D eigenvalue weighted by Crippen LogP contribution is 2.10. The molecular formula is C15H21N3O3. The Balaban J connectivity index is 2.53. The van der Waals surface area contributed by atoms with E-state index in [1.54, 1.807) is 0 Å². The molecule has 0 bridgehead atoms. The normalized spacial score (nSPS) is 10.4. The molecule has 114 valence electrons. The van der Waals surface area contributed by atoms with Gasteiger partial charge in [0.1, 0.15) is 5.75 Å². The quantitative estimate of drug-likeness (QED) is 0.489. The zero-order valence-corrected chi connectivity index (χ0v) is 12.6. The number of hydrogen-bond acceptors (Lipinski definition) is 4. The molecule has 0 radical (unpaired) electrons. The predicted octanol–water partition coefficient (Wildman–Crippen LogP) is 1.40. The molecule has 0 aliphatic rings. The van der Waals surface area contributed by atoms with E-state index in [0.29, 0.717) is 19.7 Å². The maximum Gasteiger partial charge on any atom is 0.329 e. The Bertz CT molecular complexity index is 493. The van der Waals surface area contributed by atoms with Crippen LogP contribution < -0.4 is 10.2 Å². The smallest absolute Gasteiger partial charge is 0.329 e. The van der Waals surface area contributed by atoms with Gasteiger partial charge in [0.15, 0.2) is 0 Å². The average molecular weight is 291 g/mol. The molecule has 21 heavy (non-hydrogen) atoms. The van der Waals surface area contributed by atoms with Gasteiger partial charge in [0.2, 0.25) is 0 Å². The molecule has 0 fully saturated rings. The lowest BCUT2D eigenvalue weighted by atomic mass is 10.2. The van der Waals surface area contributed by atoms with E-state index in [-0.39, 0.29) is 0 Å². The van der Waals surface area contributed by atoms with E-state index in [9.17, 15) is 9.59 Å². The van der Waals surface area contributed by atoms with Gasteiger partial charge in [-0.1, -0.05) is 0 Å². The second-order valence-electron chi connectivity index (χ2n) is 4.18. The molecule has 0 saturated carbocycles. The first-order valence-electron chi connectivity index (χ1n) is 6.97. The van der Waals surface area contributed by atoms with Crippen LogP contribution in [-0.2, 0) is 9.59 Å². The van der Waals surface area contributed by atoms with Gasteiger partial charge in [-0.2, -0.15) is 5.10 Å². The Hall–Kier alpha value is -2.37. The van der Waals surface area contributed by atoms with Crippen LogP contribution in [0.25, 0.3) is 0 Å². The van der Waals surface area contributed by atoms with E-state index in [1.165, 1.54) is 11.1 Å². The fourth-order valence-electron chi connectivity index (χ4n) is 1.68. The summed E-state index contributed by atoms with van der Waals surface area (Å²) in [5.41, 5.74) is 3.03. The summed E-state index contributed by atoms with van der Waals surface area (Å²) in [6.45, 7) is 7.14. The van der Waals surface area contributed by atoms with Gasteiger partial charge in [0.05, 0.1) is 12.8 Å². The number of hydrogen-bond donors (Lipinski definition) is 1. The van der Waals surface area contributed by atoms with Gasteiger partial charge in [-0.25, -0.2) is 5.43 Å². The summed E-state index contributed by atoms with van der Waals surface area (Å²) >= 11 is 0. The highest BCUT2D eigenvalue weighted by atomic mass is 16.5. The van der Waals surface area contributed by atoms with E-state index >= 15 is 0 Å². The molecule has 1 N–H and O–H groups in total. The molecule has 6 nitrogen and oxygen atoms in total. The number of ether oxygens (including phenoxy) is 1. The van der Waals surface area contributed by atoms with Gasteiger partial charge < -0.3 is 9.64 Å². The first-order chi connectivity index (χ1) is 10.1. The van der Waals surface area contributed by atoms with Crippen LogP contribution in [0.5, 0.6) is 5.75 Å². The number of nitrogens with one attached hydrogen (secondary N) is 1. The first kappa shape index (κ1) is 16.7. The number of nitrogens with zero attached hydrogens (tertiary/aromatic N) is 2. The van der Waals surface area contributed by atoms with E-state index in [4.69, 9.17) is 4.74 Å². The first-order valence-corrected chi connectivity index (χ1v) is 6.97. The Morgan fingerprint density at radius 1 is 1.19 bits per heavy atom. The number of carbonyl (C=O) groups excluding carboxylic acids is 2. The minimum absolute atomic E-state index is 0.491. The Labute approximate surface area is 124 Å². The van der Waals surface area contributed by atoms with Gasteiger partial charge in [0.25, 0.3) is 0 Å². The maximum absolute atomic E-state index is 11.7. The number of benzene rings is 1. The number of rotatable bonds is 6. The molecule has 0 aliphatic heterocycles. The fourth-order valence-corrected chi connectivity index (χ4v) is 1.68. The van der Waals surface area contributed by atoms with Crippen molar-refractivity contribution in [2.45, 2.75) is 20.8 Å². The van der Waals surface area contributed by atoms with Gasteiger partial charge in [-0.3, -0.25) is 9.59 Å². The molecular weight excluding hydrogens is 270 g/mol.